The molecule has 108 valence electrons. The van der Waals surface area contributed by atoms with Gasteiger partial charge in [0.05, 0.1) is 38.9 Å². The second kappa shape index (κ2) is 5.30. The molecule has 3 rings (SSSR count). The number of aromatic nitrogens is 2. The number of rotatable bonds is 4. The van der Waals surface area contributed by atoms with Crippen molar-refractivity contribution in [3.63, 3.8) is 0 Å². The number of anilines is 2. The number of quaternary nitrogens is 1. The van der Waals surface area contributed by atoms with Gasteiger partial charge in [0.15, 0.2) is 5.82 Å². The van der Waals surface area contributed by atoms with Gasteiger partial charge in [-0.05, 0) is 12.1 Å². The Labute approximate surface area is 118 Å². The van der Waals surface area contributed by atoms with E-state index in [4.69, 9.17) is 10.5 Å². The van der Waals surface area contributed by atoms with Crippen LogP contribution >= 0.6 is 0 Å². The molecule has 1 saturated heterocycles. The van der Waals surface area contributed by atoms with Crippen LogP contribution in [-0.2, 0) is 4.74 Å². The van der Waals surface area contributed by atoms with Gasteiger partial charge in [0, 0.05) is 6.20 Å². The van der Waals surface area contributed by atoms with Gasteiger partial charge in [0.25, 0.3) is 0 Å². The van der Waals surface area contributed by atoms with E-state index in [0.717, 1.165) is 60.9 Å². The van der Waals surface area contributed by atoms with Crippen LogP contribution in [0.1, 0.15) is 0 Å². The van der Waals surface area contributed by atoms with E-state index in [1.165, 1.54) is 0 Å². The van der Waals surface area contributed by atoms with Crippen molar-refractivity contribution >= 4 is 17.0 Å². The van der Waals surface area contributed by atoms with E-state index >= 15 is 0 Å². The van der Waals surface area contributed by atoms with E-state index in [1.807, 2.05) is 28.9 Å². The normalized spacial score (nSPS) is 18.2. The van der Waals surface area contributed by atoms with E-state index < -0.39 is 0 Å². The summed E-state index contributed by atoms with van der Waals surface area (Å²) < 4.78 is 8.27. The molecule has 20 heavy (non-hydrogen) atoms. The molecule has 0 amide bonds. The first-order valence-corrected chi connectivity index (χ1v) is 7.06. The molecule has 0 bridgehead atoms. The lowest BCUT2D eigenvalue weighted by Gasteiger charge is -2.37. The predicted octanol–water partition coefficient (Wildman–Crippen LogP) is 0.805. The number of nitrogens with two attached hydrogens (primary N) is 1. The Morgan fingerprint density at radius 1 is 1.40 bits per heavy atom. The fourth-order valence-corrected chi connectivity index (χ4v) is 2.60. The van der Waals surface area contributed by atoms with Crippen molar-refractivity contribution in [3.05, 3.63) is 24.4 Å². The summed E-state index contributed by atoms with van der Waals surface area (Å²) in [6.07, 6.45) is 1.91. The third-order valence-electron chi connectivity index (χ3n) is 4.07. The number of nitrogens with zero attached hydrogens (tertiary/aromatic N) is 3. The Balaban J connectivity index is 1.63. The third kappa shape index (κ3) is 2.57. The van der Waals surface area contributed by atoms with Crippen LogP contribution in [0.3, 0.4) is 0 Å². The average molecular weight is 276 g/mol. The van der Waals surface area contributed by atoms with Crippen LogP contribution in [0.5, 0.6) is 0 Å². The molecule has 0 unspecified atom stereocenters. The molecule has 6 nitrogen and oxygen atoms in total. The molecule has 1 aliphatic heterocycles. The summed E-state index contributed by atoms with van der Waals surface area (Å²) in [5.74, 6) is 0.774. The van der Waals surface area contributed by atoms with Gasteiger partial charge in [-0.2, -0.15) is 0 Å². The molecule has 2 aromatic rings. The van der Waals surface area contributed by atoms with E-state index in [1.54, 1.807) is 0 Å². The summed E-state index contributed by atoms with van der Waals surface area (Å²) in [7, 11) is 2.28. The monoisotopic (exact) mass is 276 g/mol. The maximum atomic E-state index is 6.12. The van der Waals surface area contributed by atoms with Gasteiger partial charge in [-0.15, -0.1) is 5.10 Å². The van der Waals surface area contributed by atoms with Crippen molar-refractivity contribution in [1.29, 1.82) is 0 Å². The Morgan fingerprint density at radius 2 is 2.20 bits per heavy atom. The van der Waals surface area contributed by atoms with Crippen LogP contribution in [0.2, 0.25) is 0 Å². The van der Waals surface area contributed by atoms with Crippen LogP contribution < -0.4 is 11.1 Å². The Kier molecular flexibility index (Phi) is 3.50. The van der Waals surface area contributed by atoms with E-state index in [2.05, 4.69) is 17.5 Å². The van der Waals surface area contributed by atoms with Crippen LogP contribution in [0.4, 0.5) is 11.5 Å². The summed E-state index contributed by atoms with van der Waals surface area (Å²) in [6, 6.07) is 5.89. The number of morpholine rings is 1. The van der Waals surface area contributed by atoms with Crippen molar-refractivity contribution in [2.24, 2.45) is 0 Å². The van der Waals surface area contributed by atoms with Gasteiger partial charge in [-0.1, -0.05) is 6.07 Å². The Morgan fingerprint density at radius 3 is 2.95 bits per heavy atom. The van der Waals surface area contributed by atoms with Crippen molar-refractivity contribution < 1.29 is 9.22 Å². The standard InChI is InChI=1S/C14H22N5O/c1-19(8-10-20-11-9-19)7-5-16-14-13(15)12-4-2-3-6-18(12)17-14/h2-4,6H,5,7-11,15H2,1H3,(H,16,17)/q+1. The molecule has 0 saturated carbocycles. The molecular weight excluding hydrogens is 254 g/mol. The Bertz CT molecular complexity index is 588. The second-order valence-electron chi connectivity index (χ2n) is 5.62. The minimum Gasteiger partial charge on any atom is -0.394 e. The number of nitrogen functional groups attached to an aromatic ring is 1. The molecule has 1 aliphatic rings. The third-order valence-corrected chi connectivity index (χ3v) is 4.07. The maximum absolute atomic E-state index is 6.12. The lowest BCUT2D eigenvalue weighted by molar-refractivity contribution is -0.915. The van der Waals surface area contributed by atoms with Gasteiger partial charge in [-0.3, -0.25) is 0 Å². The maximum Gasteiger partial charge on any atom is 0.172 e. The van der Waals surface area contributed by atoms with E-state index in [0.29, 0.717) is 0 Å². The largest absolute Gasteiger partial charge is 0.394 e. The summed E-state index contributed by atoms with van der Waals surface area (Å²) in [5, 5.41) is 7.83. The SMILES string of the molecule is C[N+]1(CCNc2nn3ccccc3c2N)CCOCC1. The number of likely N-dealkylation sites (N-methyl/N-ethyl adjacent to an activating group) is 1. The molecule has 1 fully saturated rings. The van der Waals surface area contributed by atoms with Crippen LogP contribution in [0.15, 0.2) is 24.4 Å². The molecule has 6 heteroatoms. The molecule has 0 aromatic carbocycles. The predicted molar refractivity (Wildman–Crippen MR) is 79.7 cm³/mol. The zero-order valence-corrected chi connectivity index (χ0v) is 11.9. The van der Waals surface area contributed by atoms with E-state index in [9.17, 15) is 0 Å². The average Bonchev–Trinajstić information content (AvgIpc) is 2.77. The first-order chi connectivity index (χ1) is 9.68. The number of ether oxygens (including phenoxy) is 1. The van der Waals surface area contributed by atoms with Crippen LogP contribution in [0, 0.1) is 0 Å². The minimum absolute atomic E-state index is 0.718. The van der Waals surface area contributed by atoms with Crippen molar-refractivity contribution in [2.45, 2.75) is 0 Å². The van der Waals surface area contributed by atoms with Gasteiger partial charge >= 0.3 is 0 Å². The highest BCUT2D eigenvalue weighted by Crippen LogP contribution is 2.22. The molecule has 2 aromatic heterocycles. The number of hydrogen-bond acceptors (Lipinski definition) is 4. The summed E-state index contributed by atoms with van der Waals surface area (Å²) in [6.45, 7) is 5.77. The molecule has 0 radical (unpaired) electrons. The molecule has 0 atom stereocenters. The smallest absolute Gasteiger partial charge is 0.172 e. The lowest BCUT2D eigenvalue weighted by Crippen LogP contribution is -2.53. The van der Waals surface area contributed by atoms with Crippen LogP contribution in [-0.4, -0.2) is 60.5 Å². The molecule has 0 spiro atoms. The van der Waals surface area contributed by atoms with Crippen molar-refractivity contribution in [3.8, 4) is 0 Å². The van der Waals surface area contributed by atoms with E-state index in [-0.39, 0.29) is 0 Å². The number of nitrogens with one attached hydrogen (secondary N) is 1. The highest BCUT2D eigenvalue weighted by molar-refractivity contribution is 5.80. The zero-order valence-electron chi connectivity index (χ0n) is 11.9. The first-order valence-electron chi connectivity index (χ1n) is 7.06. The number of pyridine rings is 1. The number of hydrogen-bond donors (Lipinski definition) is 2. The van der Waals surface area contributed by atoms with Gasteiger partial charge in [0.2, 0.25) is 0 Å². The highest BCUT2D eigenvalue weighted by atomic mass is 16.5. The lowest BCUT2D eigenvalue weighted by atomic mass is 10.3. The fraction of sp³-hybridized carbons (Fsp3) is 0.500. The highest BCUT2D eigenvalue weighted by Gasteiger charge is 2.24. The first kappa shape index (κ1) is 13.2. The minimum atomic E-state index is 0.718. The van der Waals surface area contributed by atoms with Gasteiger partial charge in [0.1, 0.15) is 18.8 Å². The molecule has 3 N–H and O–H groups in total. The van der Waals surface area contributed by atoms with Crippen molar-refractivity contribution in [2.75, 3.05) is 57.5 Å². The molecule has 0 aliphatic carbocycles. The van der Waals surface area contributed by atoms with Gasteiger partial charge in [-0.25, -0.2) is 4.52 Å². The van der Waals surface area contributed by atoms with Crippen LogP contribution in [0.25, 0.3) is 5.52 Å². The fourth-order valence-electron chi connectivity index (χ4n) is 2.60. The Hall–Kier alpha value is -1.79. The summed E-state index contributed by atoms with van der Waals surface area (Å²) in [4.78, 5) is 0. The summed E-state index contributed by atoms with van der Waals surface area (Å²) >= 11 is 0. The van der Waals surface area contributed by atoms with Gasteiger partial charge < -0.3 is 20.3 Å². The zero-order chi connectivity index (χ0) is 14.0. The second-order valence-corrected chi connectivity index (χ2v) is 5.62. The number of fused-ring (bicyclic) bond motifs is 1. The molecular formula is C14H22N5O+. The topological polar surface area (TPSA) is 64.6 Å². The summed E-state index contributed by atoms with van der Waals surface area (Å²) in [5.41, 5.74) is 7.78. The van der Waals surface area contributed by atoms with Crippen molar-refractivity contribution in [1.82, 2.24) is 9.61 Å². The quantitative estimate of drug-likeness (QED) is 0.811. The molecule has 3 heterocycles.